The number of rotatable bonds is 13. The van der Waals surface area contributed by atoms with Crippen molar-refractivity contribution in [1.29, 1.82) is 5.26 Å². The first-order valence-electron chi connectivity index (χ1n) is 11.6. The quantitative estimate of drug-likeness (QED) is 0.289. The zero-order chi connectivity index (χ0) is 23.3. The summed E-state index contributed by atoms with van der Waals surface area (Å²) in [6, 6.07) is 27.3. The van der Waals surface area contributed by atoms with Crippen molar-refractivity contribution in [2.45, 2.75) is 38.3 Å². The Morgan fingerprint density at radius 3 is 2.48 bits per heavy atom. The van der Waals surface area contributed by atoms with E-state index in [4.69, 9.17) is 10.00 Å². The van der Waals surface area contributed by atoms with E-state index >= 15 is 0 Å². The minimum absolute atomic E-state index is 0.0637. The number of nitriles is 1. The number of methoxy groups -OCH3 is 1. The zero-order valence-corrected chi connectivity index (χ0v) is 19.4. The third-order valence-corrected chi connectivity index (χ3v) is 5.83. The summed E-state index contributed by atoms with van der Waals surface area (Å²) in [5.41, 5.74) is 2.37. The smallest absolute Gasteiger partial charge is 0.307 e. The Balaban J connectivity index is 1.57. The van der Waals surface area contributed by atoms with Crippen molar-refractivity contribution >= 4 is 16.7 Å². The molecule has 0 saturated carbocycles. The van der Waals surface area contributed by atoms with Crippen molar-refractivity contribution in [2.75, 3.05) is 26.7 Å². The SMILES string of the molecule is COC(=O)C[C@H](NCCCN(CCCC#N)Cc1ccc2ccccc2c1)c1ccccc1. The molecule has 0 aromatic heterocycles. The Hall–Kier alpha value is -3.20. The Morgan fingerprint density at radius 2 is 1.73 bits per heavy atom. The molecule has 0 radical (unpaired) electrons. The molecule has 3 aromatic rings. The van der Waals surface area contributed by atoms with E-state index in [1.165, 1.54) is 23.4 Å². The third kappa shape index (κ3) is 8.02. The fraction of sp³-hybridized carbons (Fsp3) is 0.357. The van der Waals surface area contributed by atoms with Gasteiger partial charge in [-0.3, -0.25) is 9.69 Å². The zero-order valence-electron chi connectivity index (χ0n) is 19.4. The Kier molecular flexibility index (Phi) is 9.90. The molecule has 0 aliphatic heterocycles. The molecular weight excluding hydrogens is 410 g/mol. The normalized spacial score (nSPS) is 11.9. The summed E-state index contributed by atoms with van der Waals surface area (Å²) < 4.78 is 4.89. The second-order valence-electron chi connectivity index (χ2n) is 8.27. The van der Waals surface area contributed by atoms with Crippen molar-refractivity contribution in [2.24, 2.45) is 0 Å². The van der Waals surface area contributed by atoms with Crippen LogP contribution in [0.2, 0.25) is 0 Å². The van der Waals surface area contributed by atoms with Crippen molar-refractivity contribution in [1.82, 2.24) is 10.2 Å². The van der Waals surface area contributed by atoms with Gasteiger partial charge >= 0.3 is 5.97 Å². The van der Waals surface area contributed by atoms with E-state index in [0.29, 0.717) is 12.8 Å². The summed E-state index contributed by atoms with van der Waals surface area (Å²) in [4.78, 5) is 14.3. The van der Waals surface area contributed by atoms with Crippen LogP contribution >= 0.6 is 0 Å². The van der Waals surface area contributed by atoms with Crippen LogP contribution < -0.4 is 5.32 Å². The first-order chi connectivity index (χ1) is 16.2. The maximum atomic E-state index is 11.9. The molecule has 5 heteroatoms. The van der Waals surface area contributed by atoms with Gasteiger partial charge in [0.1, 0.15) is 0 Å². The first kappa shape index (κ1) is 24.4. The van der Waals surface area contributed by atoms with Gasteiger partial charge in [-0.2, -0.15) is 5.26 Å². The van der Waals surface area contributed by atoms with Gasteiger partial charge in [-0.05, 0) is 60.4 Å². The van der Waals surface area contributed by atoms with Crippen LogP contribution in [-0.4, -0.2) is 37.6 Å². The van der Waals surface area contributed by atoms with E-state index in [0.717, 1.165) is 44.6 Å². The number of benzene rings is 3. The molecule has 1 atom stereocenters. The van der Waals surface area contributed by atoms with E-state index in [1.807, 2.05) is 30.3 Å². The lowest BCUT2D eigenvalue weighted by Gasteiger charge is -2.23. The number of esters is 1. The van der Waals surface area contributed by atoms with E-state index in [2.05, 4.69) is 58.8 Å². The number of hydrogen-bond acceptors (Lipinski definition) is 5. The predicted molar refractivity (Wildman–Crippen MR) is 133 cm³/mol. The van der Waals surface area contributed by atoms with Gasteiger partial charge in [0, 0.05) is 19.0 Å². The van der Waals surface area contributed by atoms with Crippen molar-refractivity contribution in [3.63, 3.8) is 0 Å². The average molecular weight is 444 g/mol. The molecule has 0 bridgehead atoms. The van der Waals surface area contributed by atoms with Crippen LogP contribution in [0.25, 0.3) is 10.8 Å². The van der Waals surface area contributed by atoms with Crippen LogP contribution in [0.5, 0.6) is 0 Å². The maximum Gasteiger partial charge on any atom is 0.307 e. The van der Waals surface area contributed by atoms with Gasteiger partial charge in [0.15, 0.2) is 0 Å². The highest BCUT2D eigenvalue weighted by Gasteiger charge is 2.16. The minimum atomic E-state index is -0.217. The molecule has 0 aliphatic carbocycles. The predicted octanol–water partition coefficient (Wildman–Crippen LogP) is 5.23. The lowest BCUT2D eigenvalue weighted by molar-refractivity contribution is -0.141. The molecule has 3 rings (SSSR count). The first-order valence-corrected chi connectivity index (χ1v) is 11.6. The van der Waals surface area contributed by atoms with E-state index in [9.17, 15) is 4.79 Å². The minimum Gasteiger partial charge on any atom is -0.469 e. The van der Waals surface area contributed by atoms with Crippen LogP contribution in [-0.2, 0) is 16.1 Å². The van der Waals surface area contributed by atoms with E-state index in [1.54, 1.807) is 0 Å². The van der Waals surface area contributed by atoms with Crippen LogP contribution in [0.4, 0.5) is 0 Å². The fourth-order valence-corrected chi connectivity index (χ4v) is 4.07. The summed E-state index contributed by atoms with van der Waals surface area (Å²) in [5.74, 6) is -0.217. The number of hydrogen-bond donors (Lipinski definition) is 1. The lowest BCUT2D eigenvalue weighted by atomic mass is 10.0. The summed E-state index contributed by atoms with van der Waals surface area (Å²) >= 11 is 0. The molecular formula is C28H33N3O2. The van der Waals surface area contributed by atoms with Crippen molar-refractivity contribution in [3.8, 4) is 6.07 Å². The molecule has 0 heterocycles. The van der Waals surface area contributed by atoms with Crippen LogP contribution in [0.3, 0.4) is 0 Å². The van der Waals surface area contributed by atoms with Crippen LogP contribution in [0, 0.1) is 11.3 Å². The number of nitrogens with zero attached hydrogens (tertiary/aromatic N) is 2. The topological polar surface area (TPSA) is 65.4 Å². The highest BCUT2D eigenvalue weighted by Crippen LogP contribution is 2.19. The number of ether oxygens (including phenoxy) is 1. The van der Waals surface area contributed by atoms with Gasteiger partial charge in [-0.25, -0.2) is 0 Å². The molecule has 0 fully saturated rings. The monoisotopic (exact) mass is 443 g/mol. The lowest BCUT2D eigenvalue weighted by Crippen LogP contribution is -2.30. The summed E-state index contributed by atoms with van der Waals surface area (Å²) in [6.45, 7) is 3.47. The standard InChI is InChI=1S/C28H33N3O2/c1-33-28(32)21-27(25-11-3-2-4-12-25)30-17-9-19-31(18-8-7-16-29)22-23-14-15-24-10-5-6-13-26(24)20-23/h2-6,10-15,20,27,30H,7-9,17-19,21-22H2,1H3/t27-/m0/s1. The highest BCUT2D eigenvalue weighted by molar-refractivity contribution is 5.82. The molecule has 0 amide bonds. The van der Waals surface area contributed by atoms with Gasteiger partial charge in [-0.1, -0.05) is 66.7 Å². The van der Waals surface area contributed by atoms with E-state index in [-0.39, 0.29) is 12.0 Å². The van der Waals surface area contributed by atoms with Crippen molar-refractivity contribution < 1.29 is 9.53 Å². The summed E-state index contributed by atoms with van der Waals surface area (Å²) in [5, 5.41) is 15.0. The second kappa shape index (κ2) is 13.4. The van der Waals surface area contributed by atoms with Gasteiger partial charge in [0.2, 0.25) is 0 Å². The molecule has 0 saturated heterocycles. The maximum absolute atomic E-state index is 11.9. The number of carbonyl (C=O) groups is 1. The molecule has 0 aliphatic rings. The van der Waals surface area contributed by atoms with Crippen LogP contribution in [0.1, 0.15) is 42.9 Å². The molecule has 0 unspecified atom stereocenters. The van der Waals surface area contributed by atoms with Gasteiger partial charge in [0.05, 0.1) is 19.6 Å². The van der Waals surface area contributed by atoms with Gasteiger partial charge in [-0.15, -0.1) is 0 Å². The van der Waals surface area contributed by atoms with Crippen molar-refractivity contribution in [3.05, 3.63) is 83.9 Å². The molecule has 1 N–H and O–H groups in total. The van der Waals surface area contributed by atoms with Gasteiger partial charge in [0.25, 0.3) is 0 Å². The number of fused-ring (bicyclic) bond motifs is 1. The number of unbranched alkanes of at least 4 members (excludes halogenated alkanes) is 1. The molecule has 33 heavy (non-hydrogen) atoms. The highest BCUT2D eigenvalue weighted by atomic mass is 16.5. The fourth-order valence-electron chi connectivity index (χ4n) is 4.07. The molecule has 3 aromatic carbocycles. The summed E-state index contributed by atoms with van der Waals surface area (Å²) in [6.07, 6.45) is 2.70. The Morgan fingerprint density at radius 1 is 1.00 bits per heavy atom. The Bertz CT molecular complexity index is 1050. The Labute approximate surface area is 197 Å². The number of nitrogens with one attached hydrogen (secondary N) is 1. The summed E-state index contributed by atoms with van der Waals surface area (Å²) in [7, 11) is 1.43. The van der Waals surface area contributed by atoms with Crippen LogP contribution in [0.15, 0.2) is 72.8 Å². The average Bonchev–Trinajstić information content (AvgIpc) is 2.86. The molecule has 172 valence electrons. The number of carbonyl (C=O) groups excluding carboxylic acids is 1. The second-order valence-corrected chi connectivity index (χ2v) is 8.27. The molecule has 5 nitrogen and oxygen atoms in total. The largest absolute Gasteiger partial charge is 0.469 e. The third-order valence-electron chi connectivity index (χ3n) is 5.83. The van der Waals surface area contributed by atoms with Gasteiger partial charge < -0.3 is 10.1 Å². The van der Waals surface area contributed by atoms with E-state index < -0.39 is 0 Å². The molecule has 0 spiro atoms.